The second-order valence-electron chi connectivity index (χ2n) is 5.55. The number of piperazine rings is 1. The van der Waals surface area contributed by atoms with Gasteiger partial charge in [-0.3, -0.25) is 0 Å². The van der Waals surface area contributed by atoms with E-state index in [4.69, 9.17) is 4.74 Å². The maximum absolute atomic E-state index is 5.37. The number of rotatable bonds is 3. The van der Waals surface area contributed by atoms with Crippen LogP contribution in [0.15, 0.2) is 18.2 Å². The SMILES string of the molecule is COc1ccc2c(c1)C(CN1CCNCC1)CN2C. The van der Waals surface area contributed by atoms with Crippen molar-refractivity contribution in [2.24, 2.45) is 0 Å². The molecule has 3 rings (SSSR count). The van der Waals surface area contributed by atoms with Crippen molar-refractivity contribution in [3.8, 4) is 5.75 Å². The standard InChI is InChI=1S/C15H23N3O/c1-17-10-12(11-18-7-5-16-6-8-18)14-9-13(19-2)3-4-15(14)17/h3-4,9,12,16H,5-8,10-11H2,1-2H3. The molecule has 0 radical (unpaired) electrons. The van der Waals surface area contributed by atoms with Gasteiger partial charge in [0, 0.05) is 57.9 Å². The van der Waals surface area contributed by atoms with Gasteiger partial charge in [0.25, 0.3) is 0 Å². The van der Waals surface area contributed by atoms with Gasteiger partial charge in [-0.15, -0.1) is 0 Å². The van der Waals surface area contributed by atoms with E-state index in [0.717, 1.165) is 31.9 Å². The van der Waals surface area contributed by atoms with Crippen LogP contribution in [-0.4, -0.2) is 58.3 Å². The van der Waals surface area contributed by atoms with E-state index in [1.54, 1.807) is 7.11 Å². The molecule has 4 nitrogen and oxygen atoms in total. The molecule has 0 saturated carbocycles. The van der Waals surface area contributed by atoms with Crippen LogP contribution in [0, 0.1) is 0 Å². The normalized spacial score (nSPS) is 23.5. The van der Waals surface area contributed by atoms with E-state index in [2.05, 4.69) is 40.4 Å². The highest BCUT2D eigenvalue weighted by molar-refractivity contribution is 5.62. The predicted octanol–water partition coefficient (Wildman–Crippen LogP) is 1.13. The zero-order valence-electron chi connectivity index (χ0n) is 11.9. The second kappa shape index (κ2) is 5.39. The predicted molar refractivity (Wildman–Crippen MR) is 78.3 cm³/mol. The molecule has 1 atom stereocenters. The average molecular weight is 261 g/mol. The minimum atomic E-state index is 0.605. The summed E-state index contributed by atoms with van der Waals surface area (Å²) in [6, 6.07) is 6.46. The van der Waals surface area contributed by atoms with E-state index in [1.807, 2.05) is 0 Å². The molecule has 1 aromatic rings. The first-order valence-corrected chi connectivity index (χ1v) is 7.10. The van der Waals surface area contributed by atoms with Gasteiger partial charge in [-0.25, -0.2) is 0 Å². The summed E-state index contributed by atoms with van der Waals surface area (Å²) in [6.45, 7) is 6.85. The second-order valence-corrected chi connectivity index (χ2v) is 5.55. The van der Waals surface area contributed by atoms with Gasteiger partial charge in [0.2, 0.25) is 0 Å². The van der Waals surface area contributed by atoms with Crippen LogP contribution in [0.4, 0.5) is 5.69 Å². The smallest absolute Gasteiger partial charge is 0.119 e. The minimum Gasteiger partial charge on any atom is -0.497 e. The largest absolute Gasteiger partial charge is 0.497 e. The molecule has 0 aliphatic carbocycles. The fourth-order valence-corrected chi connectivity index (χ4v) is 3.22. The van der Waals surface area contributed by atoms with Crippen LogP contribution in [0.2, 0.25) is 0 Å². The fraction of sp³-hybridized carbons (Fsp3) is 0.600. The number of nitrogens with one attached hydrogen (secondary N) is 1. The monoisotopic (exact) mass is 261 g/mol. The number of fused-ring (bicyclic) bond motifs is 1. The third kappa shape index (κ3) is 2.55. The Balaban J connectivity index is 1.77. The Hall–Kier alpha value is -1.26. The minimum absolute atomic E-state index is 0.605. The average Bonchev–Trinajstić information content (AvgIpc) is 2.76. The number of methoxy groups -OCH3 is 1. The van der Waals surface area contributed by atoms with Crippen molar-refractivity contribution in [3.63, 3.8) is 0 Å². The summed E-state index contributed by atoms with van der Waals surface area (Å²) in [4.78, 5) is 4.94. The van der Waals surface area contributed by atoms with E-state index in [-0.39, 0.29) is 0 Å². The Morgan fingerprint density at radius 3 is 2.84 bits per heavy atom. The zero-order chi connectivity index (χ0) is 13.2. The summed E-state index contributed by atoms with van der Waals surface area (Å²) in [5, 5.41) is 3.41. The summed E-state index contributed by atoms with van der Waals surface area (Å²) >= 11 is 0. The number of nitrogens with zero attached hydrogens (tertiary/aromatic N) is 2. The molecule has 1 fully saturated rings. The van der Waals surface area contributed by atoms with E-state index in [9.17, 15) is 0 Å². The summed E-state index contributed by atoms with van der Waals surface area (Å²) in [7, 11) is 3.93. The van der Waals surface area contributed by atoms with Crippen molar-refractivity contribution in [2.45, 2.75) is 5.92 Å². The molecule has 104 valence electrons. The van der Waals surface area contributed by atoms with Gasteiger partial charge in [-0.2, -0.15) is 0 Å². The van der Waals surface area contributed by atoms with Crippen LogP contribution < -0.4 is 15.0 Å². The first-order chi connectivity index (χ1) is 9.28. The number of benzene rings is 1. The van der Waals surface area contributed by atoms with Crippen LogP contribution >= 0.6 is 0 Å². The molecule has 19 heavy (non-hydrogen) atoms. The molecule has 1 aromatic carbocycles. The molecule has 4 heteroatoms. The van der Waals surface area contributed by atoms with E-state index >= 15 is 0 Å². The number of ether oxygens (including phenoxy) is 1. The Morgan fingerprint density at radius 2 is 2.11 bits per heavy atom. The van der Waals surface area contributed by atoms with Gasteiger partial charge < -0.3 is 19.9 Å². The lowest BCUT2D eigenvalue weighted by Gasteiger charge is -2.29. The van der Waals surface area contributed by atoms with Crippen molar-refractivity contribution in [1.82, 2.24) is 10.2 Å². The number of anilines is 1. The van der Waals surface area contributed by atoms with Crippen molar-refractivity contribution < 1.29 is 4.74 Å². The quantitative estimate of drug-likeness (QED) is 0.883. The molecule has 0 bridgehead atoms. The van der Waals surface area contributed by atoms with Gasteiger partial charge in [0.05, 0.1) is 7.11 Å². The maximum Gasteiger partial charge on any atom is 0.119 e. The lowest BCUT2D eigenvalue weighted by atomic mass is 10.00. The van der Waals surface area contributed by atoms with Crippen LogP contribution in [-0.2, 0) is 0 Å². The molecule has 2 heterocycles. The summed E-state index contributed by atoms with van der Waals surface area (Å²) in [5.74, 6) is 1.58. The molecule has 0 amide bonds. The molecule has 2 aliphatic rings. The van der Waals surface area contributed by atoms with Crippen molar-refractivity contribution in [2.75, 3.05) is 58.3 Å². The maximum atomic E-state index is 5.37. The highest BCUT2D eigenvalue weighted by atomic mass is 16.5. The highest BCUT2D eigenvalue weighted by Gasteiger charge is 2.28. The molecular weight excluding hydrogens is 238 g/mol. The first kappa shape index (κ1) is 12.8. The molecule has 0 aromatic heterocycles. The number of likely N-dealkylation sites (N-methyl/N-ethyl adjacent to an activating group) is 1. The van der Waals surface area contributed by atoms with Gasteiger partial charge >= 0.3 is 0 Å². The molecule has 1 unspecified atom stereocenters. The Bertz CT molecular complexity index is 443. The van der Waals surface area contributed by atoms with Crippen molar-refractivity contribution in [3.05, 3.63) is 23.8 Å². The first-order valence-electron chi connectivity index (χ1n) is 7.10. The highest BCUT2D eigenvalue weighted by Crippen LogP contribution is 2.37. The Kier molecular flexibility index (Phi) is 3.62. The molecule has 1 saturated heterocycles. The third-order valence-electron chi connectivity index (χ3n) is 4.27. The molecule has 2 aliphatic heterocycles. The van der Waals surface area contributed by atoms with Crippen molar-refractivity contribution in [1.29, 1.82) is 0 Å². The Morgan fingerprint density at radius 1 is 1.32 bits per heavy atom. The molecule has 0 spiro atoms. The van der Waals surface area contributed by atoms with Crippen LogP contribution in [0.3, 0.4) is 0 Å². The van der Waals surface area contributed by atoms with Gasteiger partial charge in [-0.05, 0) is 23.8 Å². The molecule has 1 N–H and O–H groups in total. The summed E-state index contributed by atoms with van der Waals surface area (Å²) in [6.07, 6.45) is 0. The van der Waals surface area contributed by atoms with E-state index < -0.39 is 0 Å². The van der Waals surface area contributed by atoms with Gasteiger partial charge in [0.15, 0.2) is 0 Å². The van der Waals surface area contributed by atoms with Crippen LogP contribution in [0.1, 0.15) is 11.5 Å². The third-order valence-corrected chi connectivity index (χ3v) is 4.27. The summed E-state index contributed by atoms with van der Waals surface area (Å²) in [5.41, 5.74) is 2.81. The lowest BCUT2D eigenvalue weighted by Crippen LogP contribution is -2.45. The topological polar surface area (TPSA) is 27.7 Å². The molecular formula is C15H23N3O. The van der Waals surface area contributed by atoms with Gasteiger partial charge in [0.1, 0.15) is 5.75 Å². The van der Waals surface area contributed by atoms with Crippen LogP contribution in [0.5, 0.6) is 5.75 Å². The van der Waals surface area contributed by atoms with Crippen LogP contribution in [0.25, 0.3) is 0 Å². The zero-order valence-corrected chi connectivity index (χ0v) is 11.9. The van der Waals surface area contributed by atoms with E-state index in [1.165, 1.54) is 24.3 Å². The lowest BCUT2D eigenvalue weighted by molar-refractivity contribution is 0.229. The number of hydrogen-bond acceptors (Lipinski definition) is 4. The van der Waals surface area contributed by atoms with Gasteiger partial charge in [-0.1, -0.05) is 0 Å². The number of hydrogen-bond donors (Lipinski definition) is 1. The fourth-order valence-electron chi connectivity index (χ4n) is 3.22. The Labute approximate surface area is 115 Å². The summed E-state index contributed by atoms with van der Waals surface area (Å²) < 4.78 is 5.37. The van der Waals surface area contributed by atoms with Crippen molar-refractivity contribution >= 4 is 5.69 Å². The van der Waals surface area contributed by atoms with E-state index in [0.29, 0.717) is 5.92 Å².